The van der Waals surface area contributed by atoms with Gasteiger partial charge < -0.3 is 15.8 Å². The summed E-state index contributed by atoms with van der Waals surface area (Å²) in [6.07, 6.45) is 5.01. The number of benzene rings is 1. The van der Waals surface area contributed by atoms with Crippen LogP contribution in [0.5, 0.6) is 5.75 Å². The van der Waals surface area contributed by atoms with Gasteiger partial charge in [0.2, 0.25) is 0 Å². The molecule has 154 valence electrons. The number of thiophene rings is 1. The van der Waals surface area contributed by atoms with Gasteiger partial charge in [0.05, 0.1) is 17.2 Å². The van der Waals surface area contributed by atoms with Gasteiger partial charge in [-0.25, -0.2) is 0 Å². The normalized spacial score (nSPS) is 13.2. The van der Waals surface area contributed by atoms with Crippen molar-refractivity contribution < 1.29 is 14.3 Å². The molecule has 0 aliphatic heterocycles. The molecule has 1 aromatic heterocycles. The van der Waals surface area contributed by atoms with Gasteiger partial charge in [0.15, 0.2) is 5.11 Å². The van der Waals surface area contributed by atoms with Crippen LogP contribution in [0.3, 0.4) is 0 Å². The van der Waals surface area contributed by atoms with E-state index in [4.69, 9.17) is 34.3 Å². The van der Waals surface area contributed by atoms with Crippen LogP contribution in [-0.2, 0) is 12.8 Å². The monoisotopic (exact) mass is 451 g/mol. The van der Waals surface area contributed by atoms with E-state index in [0.29, 0.717) is 33.5 Å². The lowest BCUT2D eigenvalue weighted by molar-refractivity contribution is 0.0975. The van der Waals surface area contributed by atoms with E-state index in [1.165, 1.54) is 17.4 Å². The van der Waals surface area contributed by atoms with E-state index in [1.54, 1.807) is 12.1 Å². The smallest absolute Gasteiger partial charge is 0.257 e. The second kappa shape index (κ2) is 9.56. The summed E-state index contributed by atoms with van der Waals surface area (Å²) >= 11 is 12.9. The minimum Gasteiger partial charge on any atom is -0.492 e. The van der Waals surface area contributed by atoms with E-state index in [2.05, 4.69) is 10.6 Å². The van der Waals surface area contributed by atoms with Gasteiger partial charge in [-0.15, -0.1) is 11.3 Å². The number of hydrogen-bond donors (Lipinski definition) is 3. The maximum atomic E-state index is 12.5. The van der Waals surface area contributed by atoms with Gasteiger partial charge in [0, 0.05) is 10.4 Å². The molecule has 3 rings (SSSR count). The van der Waals surface area contributed by atoms with Gasteiger partial charge in [-0.1, -0.05) is 18.0 Å². The minimum absolute atomic E-state index is 0.0962. The van der Waals surface area contributed by atoms with E-state index in [1.807, 2.05) is 6.92 Å². The molecule has 0 saturated carbocycles. The highest BCUT2D eigenvalue weighted by molar-refractivity contribution is 7.80. The molecule has 0 fully saturated rings. The molecule has 1 aliphatic rings. The number of fused-ring (bicyclic) bond motifs is 1. The van der Waals surface area contributed by atoms with Crippen molar-refractivity contribution in [3.63, 3.8) is 0 Å². The quantitative estimate of drug-likeness (QED) is 0.465. The number of anilines is 1. The molecular weight excluding hydrogens is 430 g/mol. The Morgan fingerprint density at radius 3 is 2.72 bits per heavy atom. The van der Waals surface area contributed by atoms with Crippen molar-refractivity contribution >= 4 is 57.1 Å². The van der Waals surface area contributed by atoms with Crippen LogP contribution in [0.4, 0.5) is 5.00 Å². The van der Waals surface area contributed by atoms with Crippen LogP contribution in [0, 0.1) is 0 Å². The lowest BCUT2D eigenvalue weighted by Gasteiger charge is -2.11. The fourth-order valence-corrected chi connectivity index (χ4v) is 5.11. The third-order valence-electron chi connectivity index (χ3n) is 4.62. The van der Waals surface area contributed by atoms with Crippen LogP contribution in [0.25, 0.3) is 0 Å². The molecule has 1 heterocycles. The average molecular weight is 452 g/mol. The highest BCUT2D eigenvalue weighted by atomic mass is 35.5. The van der Waals surface area contributed by atoms with Gasteiger partial charge in [-0.05, 0) is 68.6 Å². The molecule has 1 aromatic carbocycles. The fourth-order valence-electron chi connectivity index (χ4n) is 3.32. The van der Waals surface area contributed by atoms with E-state index < -0.39 is 11.8 Å². The number of nitrogens with two attached hydrogens (primary N) is 1. The van der Waals surface area contributed by atoms with Crippen molar-refractivity contribution in [1.82, 2.24) is 5.32 Å². The fraction of sp³-hybridized carbons (Fsp3) is 0.350. The first kappa shape index (κ1) is 21.5. The summed E-state index contributed by atoms with van der Waals surface area (Å²) < 4.78 is 5.37. The average Bonchev–Trinajstić information content (AvgIpc) is 2.84. The molecular formula is C20H22ClN3O3S2. The van der Waals surface area contributed by atoms with Gasteiger partial charge in [-0.2, -0.15) is 0 Å². The Morgan fingerprint density at radius 1 is 1.28 bits per heavy atom. The lowest BCUT2D eigenvalue weighted by atomic mass is 10.1. The molecule has 1 aliphatic carbocycles. The second-order valence-corrected chi connectivity index (χ2v) is 8.54. The number of halogens is 1. The number of rotatable bonds is 5. The van der Waals surface area contributed by atoms with Gasteiger partial charge in [-0.3, -0.25) is 14.9 Å². The maximum absolute atomic E-state index is 12.5. The molecule has 4 N–H and O–H groups in total. The number of carbonyl (C=O) groups excluding carboxylic acids is 2. The standard InChI is InChI=1S/C20H22ClN3O3S2/c1-2-27-14-9-8-11(10-13(14)21)18(26)23-20(28)24-19-16(17(22)25)12-6-4-3-5-7-15(12)29-19/h8-10H,2-7H2,1H3,(H2,22,25)(H2,23,24,26,28). The Labute approximate surface area is 183 Å². The molecule has 0 unspecified atom stereocenters. The number of ether oxygens (including phenoxy) is 1. The number of nitrogens with one attached hydrogen (secondary N) is 2. The topological polar surface area (TPSA) is 93.4 Å². The maximum Gasteiger partial charge on any atom is 0.257 e. The first-order valence-electron chi connectivity index (χ1n) is 9.39. The minimum atomic E-state index is -0.487. The third-order valence-corrected chi connectivity index (χ3v) is 6.32. The summed E-state index contributed by atoms with van der Waals surface area (Å²) in [6, 6.07) is 4.77. The second-order valence-electron chi connectivity index (χ2n) is 6.62. The first-order valence-corrected chi connectivity index (χ1v) is 11.0. The Bertz CT molecular complexity index is 959. The largest absolute Gasteiger partial charge is 0.492 e. The van der Waals surface area contributed by atoms with Crippen molar-refractivity contribution in [2.24, 2.45) is 5.73 Å². The molecule has 0 saturated heterocycles. The number of aryl methyl sites for hydroxylation is 1. The highest BCUT2D eigenvalue weighted by Gasteiger charge is 2.24. The molecule has 6 nitrogen and oxygen atoms in total. The number of carbonyl (C=O) groups is 2. The summed E-state index contributed by atoms with van der Waals surface area (Å²) in [4.78, 5) is 25.7. The number of hydrogen-bond acceptors (Lipinski definition) is 5. The predicted molar refractivity (Wildman–Crippen MR) is 120 cm³/mol. The van der Waals surface area contributed by atoms with Gasteiger partial charge in [0.1, 0.15) is 10.8 Å². The molecule has 0 radical (unpaired) electrons. The van der Waals surface area contributed by atoms with Gasteiger partial charge >= 0.3 is 0 Å². The van der Waals surface area contributed by atoms with Crippen LogP contribution in [-0.4, -0.2) is 23.5 Å². The first-order chi connectivity index (χ1) is 13.9. The summed E-state index contributed by atoms with van der Waals surface area (Å²) in [5.74, 6) is -0.386. The van der Waals surface area contributed by atoms with Crippen LogP contribution in [0.1, 0.15) is 57.3 Å². The number of primary amides is 1. The molecule has 9 heteroatoms. The van der Waals surface area contributed by atoms with Crippen LogP contribution >= 0.6 is 35.2 Å². The van der Waals surface area contributed by atoms with Crippen molar-refractivity contribution in [2.75, 3.05) is 11.9 Å². The molecule has 2 aromatic rings. The highest BCUT2D eigenvalue weighted by Crippen LogP contribution is 2.37. The van der Waals surface area contributed by atoms with E-state index in [9.17, 15) is 9.59 Å². The molecule has 0 spiro atoms. The third kappa shape index (κ3) is 5.07. The van der Waals surface area contributed by atoms with Crippen LogP contribution < -0.4 is 21.1 Å². The Hall–Kier alpha value is -2.16. The van der Waals surface area contributed by atoms with Crippen molar-refractivity contribution in [3.05, 3.63) is 44.8 Å². The molecule has 0 bridgehead atoms. The molecule has 0 atom stereocenters. The van der Waals surface area contributed by atoms with Crippen molar-refractivity contribution in [1.29, 1.82) is 0 Å². The summed E-state index contributed by atoms with van der Waals surface area (Å²) in [6.45, 7) is 2.33. The molecule has 2 amide bonds. The lowest BCUT2D eigenvalue weighted by Crippen LogP contribution is -2.34. The Balaban J connectivity index is 1.73. The Morgan fingerprint density at radius 2 is 2.03 bits per heavy atom. The zero-order valence-electron chi connectivity index (χ0n) is 16.0. The summed E-state index contributed by atoms with van der Waals surface area (Å²) in [5, 5.41) is 6.62. The zero-order chi connectivity index (χ0) is 21.0. The number of amides is 2. The Kier molecular flexibility index (Phi) is 7.10. The SMILES string of the molecule is CCOc1ccc(C(=O)NC(=S)Nc2sc3c(c2C(N)=O)CCCCC3)cc1Cl. The van der Waals surface area contributed by atoms with Crippen molar-refractivity contribution in [3.8, 4) is 5.75 Å². The predicted octanol–water partition coefficient (Wildman–Crippen LogP) is 4.29. The van der Waals surface area contributed by atoms with E-state index in [-0.39, 0.29) is 5.11 Å². The zero-order valence-corrected chi connectivity index (χ0v) is 18.4. The summed E-state index contributed by atoms with van der Waals surface area (Å²) in [7, 11) is 0. The number of thiocarbonyl (C=S) groups is 1. The van der Waals surface area contributed by atoms with Crippen molar-refractivity contribution in [2.45, 2.75) is 39.0 Å². The van der Waals surface area contributed by atoms with Crippen LogP contribution in [0.15, 0.2) is 18.2 Å². The van der Waals surface area contributed by atoms with E-state index in [0.717, 1.165) is 42.5 Å². The van der Waals surface area contributed by atoms with E-state index >= 15 is 0 Å². The molecule has 29 heavy (non-hydrogen) atoms. The van der Waals surface area contributed by atoms with Gasteiger partial charge in [0.25, 0.3) is 11.8 Å². The summed E-state index contributed by atoms with van der Waals surface area (Å²) in [5.41, 5.74) is 7.46. The van der Waals surface area contributed by atoms with Crippen LogP contribution in [0.2, 0.25) is 5.02 Å².